The predicted octanol–water partition coefficient (Wildman–Crippen LogP) is 3.18. The number of hydrogen-bond donors (Lipinski definition) is 1. The van der Waals surface area contributed by atoms with Gasteiger partial charge in [0.2, 0.25) is 0 Å². The molecule has 0 aliphatic rings. The van der Waals surface area contributed by atoms with E-state index in [1.165, 1.54) is 6.92 Å². The van der Waals surface area contributed by atoms with E-state index in [0.717, 1.165) is 17.0 Å². The van der Waals surface area contributed by atoms with Crippen molar-refractivity contribution in [2.45, 2.75) is 45.9 Å². The van der Waals surface area contributed by atoms with Gasteiger partial charge >= 0.3 is 12.1 Å². The van der Waals surface area contributed by atoms with E-state index in [4.69, 9.17) is 9.84 Å². The maximum Gasteiger partial charge on any atom is 0.411 e. The number of ether oxygens (including phenoxy) is 1. The number of hydrogen-bond acceptors (Lipinski definition) is 3. The van der Waals surface area contributed by atoms with Crippen LogP contribution in [0.5, 0.6) is 0 Å². The summed E-state index contributed by atoms with van der Waals surface area (Å²) in [5.74, 6) is -2.85. The van der Waals surface area contributed by atoms with Gasteiger partial charge in [-0.1, -0.05) is 0 Å². The Labute approximate surface area is 127 Å². The fourth-order valence-corrected chi connectivity index (χ4v) is 1.71. The minimum Gasteiger partial charge on any atom is -0.480 e. The quantitative estimate of drug-likeness (QED) is 0.926. The number of carbonyl (C=O) groups excluding carboxylic acids is 1. The van der Waals surface area contributed by atoms with Gasteiger partial charge in [0.15, 0.2) is 0 Å². The minimum absolute atomic E-state index is 0.136. The molecule has 0 bridgehead atoms. The van der Waals surface area contributed by atoms with Crippen LogP contribution in [-0.2, 0) is 16.1 Å². The summed E-state index contributed by atoms with van der Waals surface area (Å²) in [4.78, 5) is 24.2. The zero-order valence-corrected chi connectivity index (χ0v) is 12.9. The number of benzene rings is 1. The van der Waals surface area contributed by atoms with Crippen molar-refractivity contribution in [2.75, 3.05) is 0 Å². The fourth-order valence-electron chi connectivity index (χ4n) is 1.71. The van der Waals surface area contributed by atoms with Crippen molar-refractivity contribution in [2.24, 2.45) is 0 Å². The van der Waals surface area contributed by atoms with Crippen molar-refractivity contribution < 1.29 is 28.2 Å². The molecule has 0 radical (unpaired) electrons. The lowest BCUT2D eigenvalue weighted by atomic mass is 10.1. The molecule has 0 saturated heterocycles. The van der Waals surface area contributed by atoms with Crippen LogP contribution < -0.4 is 0 Å². The third-order valence-corrected chi connectivity index (χ3v) is 2.73. The van der Waals surface area contributed by atoms with E-state index >= 15 is 0 Å². The molecular weight excluding hydrogens is 296 g/mol. The standard InChI is InChI=1S/C15H19F2NO4/c1-9(13(19)20)18(14(21)22-15(2,3)4)8-10-5-11(16)7-12(17)6-10/h5-7,9H,8H2,1-4H3,(H,19,20). The van der Waals surface area contributed by atoms with Gasteiger partial charge in [-0.15, -0.1) is 0 Å². The summed E-state index contributed by atoms with van der Waals surface area (Å²) in [5, 5.41) is 9.09. The normalized spacial score (nSPS) is 12.6. The Hall–Kier alpha value is -2.18. The Balaban J connectivity index is 3.05. The lowest BCUT2D eigenvalue weighted by Crippen LogP contribution is -2.45. The van der Waals surface area contributed by atoms with Crippen LogP contribution in [0.4, 0.5) is 13.6 Å². The van der Waals surface area contributed by atoms with Gasteiger partial charge in [-0.05, 0) is 45.4 Å². The largest absolute Gasteiger partial charge is 0.480 e. The molecule has 0 fully saturated rings. The first kappa shape index (κ1) is 17.9. The lowest BCUT2D eigenvalue weighted by Gasteiger charge is -2.30. The van der Waals surface area contributed by atoms with E-state index < -0.39 is 35.3 Å². The van der Waals surface area contributed by atoms with E-state index in [-0.39, 0.29) is 12.1 Å². The highest BCUT2D eigenvalue weighted by atomic mass is 19.1. The second-order valence-electron chi connectivity index (χ2n) is 5.90. The van der Waals surface area contributed by atoms with Gasteiger partial charge in [-0.3, -0.25) is 4.90 Å². The average Bonchev–Trinajstić information content (AvgIpc) is 2.31. The molecular formula is C15H19F2NO4. The van der Waals surface area contributed by atoms with Crippen LogP contribution in [0.1, 0.15) is 33.3 Å². The summed E-state index contributed by atoms with van der Waals surface area (Å²) in [6.45, 7) is 5.92. The van der Waals surface area contributed by atoms with Crippen molar-refractivity contribution in [1.29, 1.82) is 0 Å². The van der Waals surface area contributed by atoms with Crippen molar-refractivity contribution in [1.82, 2.24) is 4.90 Å². The summed E-state index contributed by atoms with van der Waals surface area (Å²) in [6.07, 6.45) is -0.868. The fraction of sp³-hybridized carbons (Fsp3) is 0.467. The molecule has 0 aliphatic carbocycles. The molecule has 0 heterocycles. The molecule has 1 aromatic rings. The van der Waals surface area contributed by atoms with Crippen LogP contribution in [0.15, 0.2) is 18.2 Å². The van der Waals surface area contributed by atoms with E-state index in [2.05, 4.69) is 0 Å². The SMILES string of the molecule is CC(C(=O)O)N(Cc1cc(F)cc(F)c1)C(=O)OC(C)(C)C. The third kappa shape index (κ3) is 5.31. The zero-order chi connectivity index (χ0) is 17.1. The first-order chi connectivity index (χ1) is 9.99. The molecule has 1 aromatic carbocycles. The number of carboxylic acids is 1. The second kappa shape index (κ2) is 6.72. The molecule has 1 unspecified atom stereocenters. The molecule has 122 valence electrons. The van der Waals surface area contributed by atoms with Crippen LogP contribution in [0.25, 0.3) is 0 Å². The summed E-state index contributed by atoms with van der Waals surface area (Å²) in [7, 11) is 0. The van der Waals surface area contributed by atoms with Crippen LogP contribution in [0.3, 0.4) is 0 Å². The first-order valence-corrected chi connectivity index (χ1v) is 6.67. The molecule has 7 heteroatoms. The zero-order valence-electron chi connectivity index (χ0n) is 12.9. The number of amides is 1. The van der Waals surface area contributed by atoms with E-state index in [1.807, 2.05) is 0 Å². The maximum absolute atomic E-state index is 13.2. The van der Waals surface area contributed by atoms with Gasteiger partial charge in [0.05, 0.1) is 6.54 Å². The molecule has 0 saturated carbocycles. The van der Waals surface area contributed by atoms with E-state index in [0.29, 0.717) is 6.07 Å². The number of aliphatic carboxylic acids is 1. The molecule has 0 spiro atoms. The smallest absolute Gasteiger partial charge is 0.411 e. The topological polar surface area (TPSA) is 66.8 Å². The van der Waals surface area contributed by atoms with Gasteiger partial charge in [-0.2, -0.15) is 0 Å². The second-order valence-corrected chi connectivity index (χ2v) is 5.90. The van der Waals surface area contributed by atoms with Gasteiger partial charge < -0.3 is 9.84 Å². The summed E-state index contributed by atoms with van der Waals surface area (Å²) < 4.78 is 31.6. The number of rotatable bonds is 4. The van der Waals surface area contributed by atoms with Crippen LogP contribution in [0.2, 0.25) is 0 Å². The Bertz CT molecular complexity index is 549. The van der Waals surface area contributed by atoms with Crippen molar-refractivity contribution in [3.8, 4) is 0 Å². The molecule has 0 aliphatic heterocycles. The van der Waals surface area contributed by atoms with Gasteiger partial charge in [0, 0.05) is 6.07 Å². The van der Waals surface area contributed by atoms with Gasteiger partial charge in [-0.25, -0.2) is 18.4 Å². The average molecular weight is 315 g/mol. The van der Waals surface area contributed by atoms with Crippen molar-refractivity contribution in [3.05, 3.63) is 35.4 Å². The van der Waals surface area contributed by atoms with E-state index in [1.54, 1.807) is 20.8 Å². The Kier molecular flexibility index (Phi) is 5.46. The lowest BCUT2D eigenvalue weighted by molar-refractivity contribution is -0.142. The Morgan fingerprint density at radius 1 is 1.23 bits per heavy atom. The molecule has 1 amide bonds. The maximum atomic E-state index is 13.2. The number of carboxylic acid groups (broad SMARTS) is 1. The molecule has 5 nitrogen and oxygen atoms in total. The van der Waals surface area contributed by atoms with Gasteiger partial charge in [0.25, 0.3) is 0 Å². The molecule has 1 N–H and O–H groups in total. The molecule has 1 rings (SSSR count). The first-order valence-electron chi connectivity index (χ1n) is 6.67. The van der Waals surface area contributed by atoms with Crippen molar-refractivity contribution in [3.63, 3.8) is 0 Å². The summed E-state index contributed by atoms with van der Waals surface area (Å²) in [6, 6.07) is 1.56. The monoisotopic (exact) mass is 315 g/mol. The number of carbonyl (C=O) groups is 2. The highest BCUT2D eigenvalue weighted by molar-refractivity contribution is 5.79. The van der Waals surface area contributed by atoms with Crippen LogP contribution >= 0.6 is 0 Å². The Morgan fingerprint density at radius 2 is 1.73 bits per heavy atom. The summed E-state index contributed by atoms with van der Waals surface area (Å²) >= 11 is 0. The van der Waals surface area contributed by atoms with Gasteiger partial charge in [0.1, 0.15) is 23.3 Å². The predicted molar refractivity (Wildman–Crippen MR) is 75.2 cm³/mol. The highest BCUT2D eigenvalue weighted by Crippen LogP contribution is 2.17. The third-order valence-electron chi connectivity index (χ3n) is 2.73. The number of halogens is 2. The van der Waals surface area contributed by atoms with E-state index in [9.17, 15) is 18.4 Å². The van der Waals surface area contributed by atoms with Crippen LogP contribution in [-0.4, -0.2) is 33.7 Å². The van der Waals surface area contributed by atoms with Crippen molar-refractivity contribution >= 4 is 12.1 Å². The number of nitrogens with zero attached hydrogens (tertiary/aromatic N) is 1. The summed E-state index contributed by atoms with van der Waals surface area (Å²) in [5.41, 5.74) is -0.683. The van der Waals surface area contributed by atoms with Crippen LogP contribution in [0, 0.1) is 11.6 Å². The molecule has 1 atom stereocenters. The molecule has 22 heavy (non-hydrogen) atoms. The highest BCUT2D eigenvalue weighted by Gasteiger charge is 2.30. The molecule has 0 aromatic heterocycles. The minimum atomic E-state index is -1.25. The Morgan fingerprint density at radius 3 is 2.14 bits per heavy atom.